The van der Waals surface area contributed by atoms with E-state index >= 15 is 0 Å². The predicted octanol–water partition coefficient (Wildman–Crippen LogP) is 0.466. The number of hydrogen-bond acceptors (Lipinski definition) is 5. The smallest absolute Gasteiger partial charge is 0.258 e. The Labute approximate surface area is 121 Å². The Hall–Kier alpha value is -2.54. The summed E-state index contributed by atoms with van der Waals surface area (Å²) in [6, 6.07) is 7.09. The minimum absolute atomic E-state index is 0.0555. The van der Waals surface area contributed by atoms with Gasteiger partial charge in [0.15, 0.2) is 0 Å². The molecule has 7 heteroatoms. The highest BCUT2D eigenvalue weighted by molar-refractivity contribution is 5.37. The molecule has 7 nitrogen and oxygen atoms in total. The second-order valence-electron chi connectivity index (χ2n) is 4.71. The summed E-state index contributed by atoms with van der Waals surface area (Å²) in [5, 5.41) is 10.9. The van der Waals surface area contributed by atoms with Gasteiger partial charge in [0.25, 0.3) is 5.56 Å². The van der Waals surface area contributed by atoms with E-state index in [1.807, 2.05) is 24.4 Å². The van der Waals surface area contributed by atoms with E-state index in [0.29, 0.717) is 12.2 Å². The third-order valence-electron chi connectivity index (χ3n) is 3.14. The lowest BCUT2D eigenvalue weighted by molar-refractivity contribution is 0.528. The Morgan fingerprint density at radius 3 is 3.05 bits per heavy atom. The normalized spacial score (nSPS) is 11.0. The van der Waals surface area contributed by atoms with Crippen LogP contribution < -0.4 is 10.9 Å². The Morgan fingerprint density at radius 2 is 2.19 bits per heavy atom. The van der Waals surface area contributed by atoms with Gasteiger partial charge < -0.3 is 5.32 Å². The summed E-state index contributed by atoms with van der Waals surface area (Å²) < 4.78 is 3.33. The van der Waals surface area contributed by atoms with Crippen LogP contribution in [0.4, 0.5) is 0 Å². The van der Waals surface area contributed by atoms with E-state index in [2.05, 4.69) is 20.6 Å². The highest BCUT2D eigenvalue weighted by Gasteiger charge is 2.01. The molecule has 21 heavy (non-hydrogen) atoms. The van der Waals surface area contributed by atoms with Crippen molar-refractivity contribution in [2.24, 2.45) is 0 Å². The van der Waals surface area contributed by atoms with Crippen molar-refractivity contribution in [1.82, 2.24) is 29.7 Å². The zero-order valence-corrected chi connectivity index (χ0v) is 11.5. The van der Waals surface area contributed by atoms with E-state index in [9.17, 15) is 4.79 Å². The quantitative estimate of drug-likeness (QED) is 0.666. The molecule has 3 rings (SSSR count). The van der Waals surface area contributed by atoms with Crippen LogP contribution in [0.1, 0.15) is 12.1 Å². The minimum Gasteiger partial charge on any atom is -0.311 e. The number of aromatic nitrogens is 5. The lowest BCUT2D eigenvalue weighted by atomic mass is 10.3. The van der Waals surface area contributed by atoms with Crippen LogP contribution in [0.3, 0.4) is 0 Å². The average molecular weight is 284 g/mol. The number of nitrogens with one attached hydrogen (secondary N) is 1. The maximum absolute atomic E-state index is 11.9. The summed E-state index contributed by atoms with van der Waals surface area (Å²) in [5.41, 5.74) is 1.37. The summed E-state index contributed by atoms with van der Waals surface area (Å²) in [6.07, 6.45) is 6.17. The lowest BCUT2D eigenvalue weighted by Crippen LogP contribution is -2.21. The molecule has 3 heterocycles. The molecule has 0 aromatic carbocycles. The van der Waals surface area contributed by atoms with E-state index in [1.165, 1.54) is 4.40 Å². The first-order valence-corrected chi connectivity index (χ1v) is 6.85. The first-order chi connectivity index (χ1) is 10.3. The Balaban J connectivity index is 1.54. The van der Waals surface area contributed by atoms with Gasteiger partial charge in [-0.3, -0.25) is 13.9 Å². The zero-order valence-electron chi connectivity index (χ0n) is 11.5. The monoisotopic (exact) mass is 284 g/mol. The largest absolute Gasteiger partial charge is 0.311 e. The Morgan fingerprint density at radius 1 is 1.24 bits per heavy atom. The van der Waals surface area contributed by atoms with Gasteiger partial charge in [-0.05, 0) is 25.1 Å². The molecular formula is C14H16N6O. The van der Waals surface area contributed by atoms with Gasteiger partial charge in [-0.15, -0.1) is 5.10 Å². The summed E-state index contributed by atoms with van der Waals surface area (Å²) in [6.45, 7) is 2.23. The van der Waals surface area contributed by atoms with Gasteiger partial charge in [-0.2, -0.15) is 0 Å². The standard InChI is InChI=1S/C14H16N6O/c21-14-10-12(17-13-4-1-2-8-20(13)14)11-15-5-3-7-19-9-6-16-18-19/h1-2,4,6,8-10,15H,3,5,7,11H2. The molecule has 108 valence electrons. The summed E-state index contributed by atoms with van der Waals surface area (Å²) in [4.78, 5) is 16.4. The third kappa shape index (κ3) is 3.32. The van der Waals surface area contributed by atoms with Crippen molar-refractivity contribution in [2.75, 3.05) is 6.54 Å². The maximum Gasteiger partial charge on any atom is 0.258 e. The first-order valence-electron chi connectivity index (χ1n) is 6.85. The summed E-state index contributed by atoms with van der Waals surface area (Å²) in [7, 11) is 0. The van der Waals surface area contributed by atoms with Gasteiger partial charge in [-0.1, -0.05) is 11.3 Å². The zero-order chi connectivity index (χ0) is 14.5. The molecule has 0 aliphatic rings. The predicted molar refractivity (Wildman–Crippen MR) is 77.8 cm³/mol. The van der Waals surface area contributed by atoms with Crippen molar-refractivity contribution in [3.63, 3.8) is 0 Å². The second kappa shape index (κ2) is 6.27. The third-order valence-corrected chi connectivity index (χ3v) is 3.14. The van der Waals surface area contributed by atoms with Crippen LogP contribution in [0.15, 0.2) is 47.7 Å². The van der Waals surface area contributed by atoms with E-state index in [0.717, 1.165) is 25.2 Å². The molecule has 0 spiro atoms. The van der Waals surface area contributed by atoms with Crippen molar-refractivity contribution in [2.45, 2.75) is 19.5 Å². The summed E-state index contributed by atoms with van der Waals surface area (Å²) >= 11 is 0. The van der Waals surface area contributed by atoms with Crippen LogP contribution in [0.5, 0.6) is 0 Å². The SMILES string of the molecule is O=c1cc(CNCCCn2ccnn2)nc2ccccn12. The fourth-order valence-electron chi connectivity index (χ4n) is 2.13. The number of nitrogens with zero attached hydrogens (tertiary/aromatic N) is 5. The van der Waals surface area contributed by atoms with Gasteiger partial charge in [0.1, 0.15) is 5.65 Å². The molecule has 0 aliphatic heterocycles. The molecule has 1 N–H and O–H groups in total. The minimum atomic E-state index is -0.0555. The van der Waals surface area contributed by atoms with Crippen LogP contribution in [-0.4, -0.2) is 30.9 Å². The van der Waals surface area contributed by atoms with Crippen molar-refractivity contribution < 1.29 is 0 Å². The summed E-state index contributed by atoms with van der Waals surface area (Å²) in [5.74, 6) is 0. The number of hydrogen-bond donors (Lipinski definition) is 1. The molecule has 0 aliphatic carbocycles. The second-order valence-corrected chi connectivity index (χ2v) is 4.71. The van der Waals surface area contributed by atoms with Gasteiger partial charge in [0.2, 0.25) is 0 Å². The van der Waals surface area contributed by atoms with Crippen LogP contribution >= 0.6 is 0 Å². The van der Waals surface area contributed by atoms with Gasteiger partial charge >= 0.3 is 0 Å². The fraction of sp³-hybridized carbons (Fsp3) is 0.286. The molecule has 0 saturated carbocycles. The number of fused-ring (bicyclic) bond motifs is 1. The molecule has 0 radical (unpaired) electrons. The topological polar surface area (TPSA) is 77.1 Å². The molecule has 0 saturated heterocycles. The van der Waals surface area contributed by atoms with Crippen molar-refractivity contribution in [1.29, 1.82) is 0 Å². The molecule has 0 amide bonds. The van der Waals surface area contributed by atoms with Crippen LogP contribution in [0, 0.1) is 0 Å². The van der Waals surface area contributed by atoms with Gasteiger partial charge in [0, 0.05) is 31.5 Å². The Kier molecular flexibility index (Phi) is 4.02. The van der Waals surface area contributed by atoms with Crippen molar-refractivity contribution in [3.8, 4) is 0 Å². The molecule has 0 unspecified atom stereocenters. The average Bonchev–Trinajstić information content (AvgIpc) is 3.00. The first kappa shape index (κ1) is 13.4. The van der Waals surface area contributed by atoms with E-state index < -0.39 is 0 Å². The number of rotatable bonds is 6. The molecule has 0 fully saturated rings. The molecule has 0 bridgehead atoms. The van der Waals surface area contributed by atoms with Gasteiger partial charge in [0.05, 0.1) is 11.9 Å². The van der Waals surface area contributed by atoms with Crippen molar-refractivity contribution >= 4 is 5.65 Å². The maximum atomic E-state index is 11.9. The number of pyridine rings is 1. The van der Waals surface area contributed by atoms with E-state index in [-0.39, 0.29) is 5.56 Å². The molecule has 3 aromatic heterocycles. The molecule has 0 atom stereocenters. The molecular weight excluding hydrogens is 268 g/mol. The fourth-order valence-corrected chi connectivity index (χ4v) is 2.13. The molecule has 3 aromatic rings. The van der Waals surface area contributed by atoms with Crippen LogP contribution in [0.25, 0.3) is 5.65 Å². The lowest BCUT2D eigenvalue weighted by Gasteiger charge is -2.06. The Bertz CT molecular complexity index is 764. The highest BCUT2D eigenvalue weighted by atomic mass is 16.1. The van der Waals surface area contributed by atoms with E-state index in [4.69, 9.17) is 0 Å². The van der Waals surface area contributed by atoms with Crippen LogP contribution in [-0.2, 0) is 13.1 Å². The highest BCUT2D eigenvalue weighted by Crippen LogP contribution is 1.98. The van der Waals surface area contributed by atoms with Crippen LogP contribution in [0.2, 0.25) is 0 Å². The van der Waals surface area contributed by atoms with Gasteiger partial charge in [-0.25, -0.2) is 4.98 Å². The van der Waals surface area contributed by atoms with Crippen molar-refractivity contribution in [3.05, 3.63) is 58.9 Å². The number of aryl methyl sites for hydroxylation is 1. The van der Waals surface area contributed by atoms with E-state index in [1.54, 1.807) is 23.1 Å².